The Kier molecular flexibility index (Phi) is 8.26. The maximum atomic E-state index is 11.1. The Hall–Kier alpha value is -12.5. The Labute approximate surface area is 649 Å². The average molecular weight is 1350 g/mol. The van der Waals surface area contributed by atoms with Crippen LogP contribution in [0.3, 0.4) is 0 Å². The lowest BCUT2D eigenvalue weighted by atomic mass is 9.86. The number of hydrogen-bond acceptors (Lipinski definition) is 2. The molecule has 0 amide bonds. The second-order valence-corrected chi connectivity index (χ2v) is 27.7. The SMILES string of the molecule is [2H]c1c([2H])c([2H])c(-c2cc(-c3c([2H])c(-c4c([2H])c([2H])c([2H])c([2H])c4[2H])c([2H])c(-c4c([2H])c([2H])c([2H])c([2H])c4[2H])c3[2H])c(-[n+]3[c-]n(-c4cccc(Oc5ccc6c7ccccc7n(-c7cc(C([2H])([2H])[2H])c(-c8c([2H])c([2H])c([2H])c([2H])c8[2H])cn7)c6c5)c4)c4cc(-c5ccc(C(C)(C)C)cc5)ccc43)c([Si](c3c([2H])c([2H])c([2H])c([2H])c3[2H])(c3c([2H])c([2H])c([2H])c([2H])c3[2H])c3c([2H])c([2H])c([2H])c([2H])c3[2H])c2)c([2H])c1[2H]. The van der Waals surface area contributed by atoms with Crippen molar-refractivity contribution in [1.29, 1.82) is 0 Å². The first-order valence-electron chi connectivity index (χ1n) is 51.9. The van der Waals surface area contributed by atoms with Gasteiger partial charge in [0.05, 0.1) is 85.5 Å². The van der Waals surface area contributed by atoms with E-state index in [2.05, 4.69) is 6.33 Å². The number of para-hydroxylation sites is 1. The summed E-state index contributed by atoms with van der Waals surface area (Å²) in [7, 11) is -7.02. The van der Waals surface area contributed by atoms with Crippen LogP contribution in [0.15, 0.2) is 363 Å². The van der Waals surface area contributed by atoms with Crippen LogP contribution in [0, 0.1) is 13.2 Å². The standard InChI is InChI=1S/C95H72N4OSi/c1-66-55-93(96-64-87(66)71-35-18-8-19-36-71)99-88-46-27-26-45-84(88)85-53-52-80(63-90(85)99)100-79-38-28-37-78(62-79)97-65-98(89-54-49-72(60-91(89)97)70-47-50-77(51-48-70)95(2,3)4)94-86(76-57-73(67-29-12-5-13-30-67)56-74(58-76)68-31-14-6-15-32-68)59-75(69-33-16-7-17-34-69)61-92(94)101(81-39-20-9-21-40-81,82-41-22-10-23-42-82)83-43-24-11-25-44-83/h5-64H,1-4H3/i1D3,5D,6D,7D,8D,9D,10D,11D,12D,13D,14D,15D,16D,17D,18D,19D,20D,21D,22D,23D,24D,25D,29D,30D,31D,32D,33D,34D,35D,36D,39D,40D,41D,42D,43D,44D,56D,57D,58D. The van der Waals surface area contributed by atoms with Gasteiger partial charge in [0.15, 0.2) is 8.07 Å². The summed E-state index contributed by atoms with van der Waals surface area (Å²) in [5.74, 6) is 0.0390. The van der Waals surface area contributed by atoms with Crippen LogP contribution in [0.5, 0.6) is 11.5 Å². The minimum absolute atomic E-state index is 0.00866. The molecule has 0 atom stereocenters. The fourth-order valence-electron chi connectivity index (χ4n) is 12.6. The van der Waals surface area contributed by atoms with E-state index in [0.717, 1.165) is 28.5 Å². The monoisotopic (exact) mass is 1350 g/mol. The lowest BCUT2D eigenvalue weighted by molar-refractivity contribution is -0.570. The van der Waals surface area contributed by atoms with Crippen LogP contribution in [0.4, 0.5) is 0 Å². The summed E-state index contributed by atoms with van der Waals surface area (Å²) in [4.78, 5) is 4.72. The van der Waals surface area contributed by atoms with E-state index in [0.29, 0.717) is 32.9 Å². The van der Waals surface area contributed by atoms with Gasteiger partial charge in [0.2, 0.25) is 0 Å². The maximum Gasteiger partial charge on any atom is 0.269 e. The quantitative estimate of drug-likeness (QED) is 0.0444. The van der Waals surface area contributed by atoms with E-state index in [4.69, 9.17) is 30.3 Å². The number of imidazole rings is 1. The van der Waals surface area contributed by atoms with Gasteiger partial charge in [0.1, 0.15) is 17.3 Å². The molecule has 0 radical (unpaired) electrons. The molecule has 101 heavy (non-hydrogen) atoms. The van der Waals surface area contributed by atoms with Crippen LogP contribution in [0.1, 0.15) is 88.1 Å². The molecule has 0 spiro atoms. The predicted molar refractivity (Wildman–Crippen MR) is 422 cm³/mol. The Morgan fingerprint density at radius 2 is 0.960 bits per heavy atom. The summed E-state index contributed by atoms with van der Waals surface area (Å²) < 4.78 is 403. The Morgan fingerprint density at radius 3 is 1.55 bits per heavy atom. The van der Waals surface area contributed by atoms with E-state index in [9.17, 15) is 35.6 Å². The van der Waals surface area contributed by atoms with Crippen LogP contribution < -0.4 is 30.1 Å². The third-order valence-electron chi connectivity index (χ3n) is 17.3. The number of fused-ring (bicyclic) bond motifs is 4. The summed E-state index contributed by atoms with van der Waals surface area (Å²) in [5, 5.41) is -3.51. The van der Waals surface area contributed by atoms with Crippen LogP contribution >= 0.6 is 0 Å². The van der Waals surface area contributed by atoms with Crippen molar-refractivity contribution in [3.05, 3.63) is 381 Å². The van der Waals surface area contributed by atoms with Gasteiger partial charge < -0.3 is 4.74 Å². The van der Waals surface area contributed by atoms with Gasteiger partial charge in [0, 0.05) is 32.7 Å². The fraction of sp³-hybridized carbons (Fsp3) is 0.0526. The van der Waals surface area contributed by atoms with Gasteiger partial charge in [-0.05, 0) is 178 Å². The van der Waals surface area contributed by atoms with Crippen molar-refractivity contribution in [3.63, 3.8) is 0 Å². The second kappa shape index (κ2) is 26.1. The van der Waals surface area contributed by atoms with Gasteiger partial charge in [-0.1, -0.05) is 299 Å². The molecule has 0 fully saturated rings. The first-order chi connectivity index (χ1) is 66.6. The van der Waals surface area contributed by atoms with Gasteiger partial charge in [-0.25, -0.2) is 4.98 Å². The molecule has 0 aliphatic rings. The molecular weight excluding hydrogens is 1240 g/mol. The molecule has 5 nitrogen and oxygen atoms in total. The molecule has 6 heteroatoms. The molecule has 482 valence electrons. The highest BCUT2D eigenvalue weighted by Gasteiger charge is 2.44. The summed E-state index contributed by atoms with van der Waals surface area (Å²) in [6.45, 7) is 2.93. The molecule has 0 bridgehead atoms. The van der Waals surface area contributed by atoms with Crippen LogP contribution in [-0.4, -0.2) is 22.2 Å². The van der Waals surface area contributed by atoms with Crippen molar-refractivity contribution >= 4 is 61.7 Å². The van der Waals surface area contributed by atoms with Crippen LogP contribution in [0.25, 0.3) is 117 Å². The van der Waals surface area contributed by atoms with Crippen LogP contribution in [-0.2, 0) is 5.41 Å². The first kappa shape index (κ1) is 32.0. The summed E-state index contributed by atoms with van der Waals surface area (Å²) in [6, 6.07) is -11.2. The van der Waals surface area contributed by atoms with E-state index in [1.807, 2.05) is 32.9 Å². The smallest absolute Gasteiger partial charge is 0.269 e. The van der Waals surface area contributed by atoms with Crippen molar-refractivity contribution in [1.82, 2.24) is 14.1 Å². The minimum Gasteiger partial charge on any atom is -0.458 e. The number of pyridine rings is 1. The van der Waals surface area contributed by atoms with Gasteiger partial charge in [0.25, 0.3) is 6.33 Å². The number of hydrogen-bond donors (Lipinski definition) is 0. The number of aryl methyl sites for hydroxylation is 1. The topological polar surface area (TPSA) is 35.9 Å². The number of benzene rings is 14. The zero-order valence-corrected chi connectivity index (χ0v) is 54.4. The average Bonchev–Trinajstić information content (AvgIpc) is 0.878. The zero-order chi connectivity index (χ0) is 104. The minimum atomic E-state index is -7.02. The van der Waals surface area contributed by atoms with Gasteiger partial charge >= 0.3 is 0 Å². The van der Waals surface area contributed by atoms with Crippen molar-refractivity contribution in [2.75, 3.05) is 0 Å². The molecule has 14 aromatic carbocycles. The lowest BCUT2D eigenvalue weighted by Gasteiger charge is -2.37. The first-order valence-corrected chi connectivity index (χ1v) is 33.4. The van der Waals surface area contributed by atoms with Gasteiger partial charge in [-0.2, -0.15) is 0 Å². The predicted octanol–water partition coefficient (Wildman–Crippen LogP) is 21.0. The zero-order valence-electron chi connectivity index (χ0n) is 94.4. The molecule has 0 N–H and O–H groups in total. The fourth-order valence-corrected chi connectivity index (χ4v) is 16.7. The maximum absolute atomic E-state index is 11.1. The van der Waals surface area contributed by atoms with E-state index in [1.54, 1.807) is 71.3 Å². The van der Waals surface area contributed by atoms with Gasteiger partial charge in [-0.3, -0.25) is 13.7 Å². The Balaban J connectivity index is 1.09. The molecule has 17 rings (SSSR count). The number of aromatic nitrogens is 4. The largest absolute Gasteiger partial charge is 0.458 e. The van der Waals surface area contributed by atoms with Gasteiger partial charge in [-0.15, -0.1) is 0 Å². The highest BCUT2D eigenvalue weighted by Crippen LogP contribution is 2.41. The van der Waals surface area contributed by atoms with Crippen molar-refractivity contribution in [3.8, 4) is 95.5 Å². The van der Waals surface area contributed by atoms with E-state index in [1.165, 1.54) is 41.0 Å². The Bertz CT molecular complexity index is 7990. The number of rotatable bonds is 15. The second-order valence-electron chi connectivity index (χ2n) is 24.2. The molecule has 3 aromatic heterocycles. The third-order valence-corrected chi connectivity index (χ3v) is 21.4. The third kappa shape index (κ3) is 11.5. The van der Waals surface area contributed by atoms with E-state index < -0.39 is 332 Å². The molecular formula is C95H72N4OSi. The van der Waals surface area contributed by atoms with E-state index >= 15 is 0 Å². The number of ether oxygens (including phenoxy) is 1. The molecule has 17 aromatic rings. The molecule has 3 heterocycles. The summed E-state index contributed by atoms with van der Waals surface area (Å²) in [5.41, 5.74) is -8.30. The van der Waals surface area contributed by atoms with Crippen molar-refractivity contribution in [2.24, 2.45) is 0 Å². The van der Waals surface area contributed by atoms with Crippen molar-refractivity contribution < 1.29 is 65.5 Å². The normalized spacial score (nSPS) is 17.6. The van der Waals surface area contributed by atoms with Crippen LogP contribution in [0.2, 0.25) is 0 Å². The molecule has 0 saturated heterocycles. The molecule has 0 unspecified atom stereocenters. The Morgan fingerprint density at radius 1 is 0.426 bits per heavy atom. The number of nitrogens with zero attached hydrogens (tertiary/aromatic N) is 4. The summed E-state index contributed by atoms with van der Waals surface area (Å²) in [6.07, 6.45) is 4.46. The van der Waals surface area contributed by atoms with E-state index in [-0.39, 0.29) is 39.6 Å². The lowest BCUT2D eigenvalue weighted by Crippen LogP contribution is -2.76. The highest BCUT2D eigenvalue weighted by molar-refractivity contribution is 7.20. The highest BCUT2D eigenvalue weighted by atomic mass is 28.3. The van der Waals surface area contributed by atoms with Crippen molar-refractivity contribution in [2.45, 2.75) is 33.0 Å². The molecule has 0 saturated carbocycles. The molecule has 0 aliphatic heterocycles. The molecule has 0 aliphatic carbocycles. The summed E-state index contributed by atoms with van der Waals surface area (Å²) >= 11 is 0.